The van der Waals surface area contributed by atoms with Crippen LogP contribution in [0.2, 0.25) is 0 Å². The zero-order chi connectivity index (χ0) is 29.9. The molecule has 2 N–H and O–H groups in total. The van der Waals surface area contributed by atoms with Crippen LogP contribution in [0.25, 0.3) is 0 Å². The fraction of sp³-hybridized carbons (Fsp3) is 0.333. The molecule has 4 aromatic rings. The molecule has 0 fully saturated rings. The molecule has 3 heterocycles. The molecule has 3 aliphatic heterocycles. The number of benzene rings is 4. The van der Waals surface area contributed by atoms with Crippen molar-refractivity contribution in [3.05, 3.63) is 100 Å². The number of hydrogen-bond acceptors (Lipinski definition) is 7. The van der Waals surface area contributed by atoms with Gasteiger partial charge in [0.05, 0.1) is 14.2 Å². The highest BCUT2D eigenvalue weighted by atomic mass is 16.5. The van der Waals surface area contributed by atoms with Crippen LogP contribution in [0, 0.1) is 0 Å². The van der Waals surface area contributed by atoms with Crippen molar-refractivity contribution >= 4 is 0 Å². The second-order valence-electron chi connectivity index (χ2n) is 11.4. The van der Waals surface area contributed by atoms with E-state index >= 15 is 0 Å². The summed E-state index contributed by atoms with van der Waals surface area (Å²) in [4.78, 5) is 2.36. The van der Waals surface area contributed by atoms with Crippen molar-refractivity contribution in [3.8, 4) is 40.2 Å². The monoisotopic (exact) mass is 580 g/mol. The summed E-state index contributed by atoms with van der Waals surface area (Å²) in [6, 6.07) is 22.2. The first-order chi connectivity index (χ1) is 21.0. The molecule has 0 aliphatic carbocycles. The lowest BCUT2D eigenvalue weighted by Gasteiger charge is -2.36. The number of aromatic hydroxyl groups is 1. The van der Waals surface area contributed by atoms with E-state index < -0.39 is 0 Å². The molecule has 0 aromatic heterocycles. The van der Waals surface area contributed by atoms with E-state index in [1.54, 1.807) is 20.3 Å². The second kappa shape index (κ2) is 12.6. The van der Waals surface area contributed by atoms with Crippen molar-refractivity contribution in [1.29, 1.82) is 0 Å². The Kier molecular flexibility index (Phi) is 8.45. The third kappa shape index (κ3) is 6.01. The van der Waals surface area contributed by atoms with Gasteiger partial charge in [0.15, 0.2) is 34.5 Å². The summed E-state index contributed by atoms with van der Waals surface area (Å²) < 4.78 is 24.9. The van der Waals surface area contributed by atoms with Gasteiger partial charge in [-0.3, -0.25) is 4.90 Å². The molecule has 7 nitrogen and oxygen atoms in total. The Morgan fingerprint density at radius 1 is 0.837 bits per heavy atom. The van der Waals surface area contributed by atoms with Gasteiger partial charge in [-0.1, -0.05) is 24.3 Å². The Morgan fingerprint density at radius 3 is 2.40 bits per heavy atom. The van der Waals surface area contributed by atoms with E-state index in [2.05, 4.69) is 47.6 Å². The average molecular weight is 581 g/mol. The maximum Gasteiger partial charge on any atom is 0.174 e. The predicted molar refractivity (Wildman–Crippen MR) is 169 cm³/mol. The third-order valence-electron chi connectivity index (χ3n) is 8.70. The molecule has 7 rings (SSSR count). The Balaban J connectivity index is 1.53. The van der Waals surface area contributed by atoms with Crippen LogP contribution in [0.3, 0.4) is 0 Å². The van der Waals surface area contributed by atoms with Crippen molar-refractivity contribution in [2.75, 3.05) is 41.4 Å². The molecule has 0 radical (unpaired) electrons. The number of rotatable bonds is 5. The predicted octanol–water partition coefficient (Wildman–Crippen LogP) is 6.63. The van der Waals surface area contributed by atoms with E-state index in [9.17, 15) is 5.11 Å². The Hall–Kier alpha value is -4.20. The van der Waals surface area contributed by atoms with Crippen molar-refractivity contribution < 1.29 is 24.1 Å². The minimum absolute atomic E-state index is 0.0183. The highest BCUT2D eigenvalue weighted by Gasteiger charge is 2.31. The molecule has 0 saturated heterocycles. The molecule has 1 atom stereocenters. The quantitative estimate of drug-likeness (QED) is 0.275. The molecule has 1 unspecified atom stereocenters. The summed E-state index contributed by atoms with van der Waals surface area (Å²) >= 11 is 0. The maximum absolute atomic E-state index is 10.7. The van der Waals surface area contributed by atoms with Crippen LogP contribution in [0.15, 0.2) is 66.7 Å². The topological polar surface area (TPSA) is 72.4 Å². The zero-order valence-corrected chi connectivity index (χ0v) is 25.4. The number of phenolic OH excluding ortho intramolecular Hbond substituents is 1. The van der Waals surface area contributed by atoms with Crippen molar-refractivity contribution in [2.24, 2.45) is 0 Å². The normalized spacial score (nSPS) is 16.3. The SMILES string of the molecule is CNCCc1cc(OC)c2cc1CCc1ccc(cc1)Oc1cc(ccc1O)CC1c3c(ccc(OC)c3O2)CCN1C. The number of phenols is 1. The van der Waals surface area contributed by atoms with E-state index in [0.29, 0.717) is 35.2 Å². The highest BCUT2D eigenvalue weighted by molar-refractivity contribution is 5.58. The Labute approximate surface area is 254 Å². The summed E-state index contributed by atoms with van der Waals surface area (Å²) in [7, 11) is 7.51. The van der Waals surface area contributed by atoms with Gasteiger partial charge in [0.2, 0.25) is 0 Å². The summed E-state index contributed by atoms with van der Waals surface area (Å²) in [5.74, 6) is 4.04. The fourth-order valence-corrected chi connectivity index (χ4v) is 6.24. The van der Waals surface area contributed by atoms with E-state index in [0.717, 1.165) is 55.6 Å². The van der Waals surface area contributed by atoms with Gasteiger partial charge in [-0.15, -0.1) is 0 Å². The van der Waals surface area contributed by atoms with Gasteiger partial charge in [0.25, 0.3) is 0 Å². The van der Waals surface area contributed by atoms with Crippen molar-refractivity contribution in [3.63, 3.8) is 0 Å². The van der Waals surface area contributed by atoms with Gasteiger partial charge in [-0.2, -0.15) is 0 Å². The van der Waals surface area contributed by atoms with Gasteiger partial charge >= 0.3 is 0 Å². The molecule has 0 spiro atoms. The zero-order valence-electron chi connectivity index (χ0n) is 25.4. The van der Waals surface area contributed by atoms with E-state index in [4.69, 9.17) is 18.9 Å². The molecular formula is C36H40N2O5. The highest BCUT2D eigenvalue weighted by Crippen LogP contribution is 2.47. The van der Waals surface area contributed by atoms with Crippen LogP contribution in [0.4, 0.5) is 0 Å². The molecule has 0 saturated carbocycles. The molecular weight excluding hydrogens is 540 g/mol. The minimum Gasteiger partial charge on any atom is -0.504 e. The van der Waals surface area contributed by atoms with Crippen LogP contribution in [0.1, 0.15) is 39.4 Å². The lowest BCUT2D eigenvalue weighted by Crippen LogP contribution is -2.33. The fourth-order valence-electron chi connectivity index (χ4n) is 6.24. The van der Waals surface area contributed by atoms with E-state index in [1.807, 2.05) is 37.4 Å². The first-order valence-electron chi connectivity index (χ1n) is 15.0. The second-order valence-corrected chi connectivity index (χ2v) is 11.4. The number of fused-ring (bicyclic) bond motifs is 3. The summed E-state index contributed by atoms with van der Waals surface area (Å²) in [5, 5.41) is 13.9. The summed E-state index contributed by atoms with van der Waals surface area (Å²) in [6.07, 6.45) is 4.20. The number of methoxy groups -OCH3 is 2. The van der Waals surface area contributed by atoms with Crippen LogP contribution in [-0.2, 0) is 32.1 Å². The average Bonchev–Trinajstić information content (AvgIpc) is 3.02. The number of hydrogen-bond donors (Lipinski definition) is 2. The maximum atomic E-state index is 10.7. The smallest absolute Gasteiger partial charge is 0.174 e. The summed E-state index contributed by atoms with van der Waals surface area (Å²) in [6.45, 7) is 1.79. The van der Waals surface area contributed by atoms with Crippen molar-refractivity contribution in [1.82, 2.24) is 10.2 Å². The number of nitrogens with one attached hydrogen (secondary N) is 1. The first-order valence-corrected chi connectivity index (χ1v) is 15.0. The molecule has 3 aliphatic rings. The third-order valence-corrected chi connectivity index (χ3v) is 8.70. The molecule has 6 bridgehead atoms. The molecule has 4 aromatic carbocycles. The van der Waals surface area contributed by atoms with Crippen LogP contribution in [-0.4, -0.2) is 51.4 Å². The van der Waals surface area contributed by atoms with Crippen molar-refractivity contribution in [2.45, 2.75) is 38.1 Å². The van der Waals surface area contributed by atoms with E-state index in [1.165, 1.54) is 22.3 Å². The number of nitrogens with zero attached hydrogens (tertiary/aromatic N) is 1. The van der Waals surface area contributed by atoms with Crippen LogP contribution >= 0.6 is 0 Å². The van der Waals surface area contributed by atoms with Gasteiger partial charge in [-0.05, 0) is 123 Å². The standard InChI is InChI=1S/C36H40N2O5/c1-37-17-15-27-21-33(41-4)34-22-26(27)9-5-23-6-11-28(12-7-23)42-32-20-24(8-13-30(32)39)19-29-35-25(16-18-38(29)2)10-14-31(40-3)36(35)43-34/h6-8,10-14,20-22,29,37,39H,5,9,15-19H2,1-4H3. The number of aryl methyl sites for hydroxylation is 2. The van der Waals surface area contributed by atoms with Crippen LogP contribution < -0.4 is 24.3 Å². The molecule has 7 heteroatoms. The molecule has 43 heavy (non-hydrogen) atoms. The lowest BCUT2D eigenvalue weighted by molar-refractivity contribution is 0.222. The number of likely N-dealkylation sites (N-methyl/N-ethyl adjacent to an activating group) is 2. The molecule has 224 valence electrons. The minimum atomic E-state index is 0.0183. The molecule has 0 amide bonds. The largest absolute Gasteiger partial charge is 0.504 e. The van der Waals surface area contributed by atoms with Gasteiger partial charge in [0, 0.05) is 18.2 Å². The number of ether oxygens (including phenoxy) is 4. The summed E-state index contributed by atoms with van der Waals surface area (Å²) in [5.41, 5.74) is 7.08. The Bertz CT molecular complexity index is 1600. The van der Waals surface area contributed by atoms with Gasteiger partial charge in [-0.25, -0.2) is 0 Å². The first kappa shape index (κ1) is 28.9. The Morgan fingerprint density at radius 2 is 1.63 bits per heavy atom. The van der Waals surface area contributed by atoms with Gasteiger partial charge < -0.3 is 29.4 Å². The van der Waals surface area contributed by atoms with Gasteiger partial charge in [0.1, 0.15) is 5.75 Å². The van der Waals surface area contributed by atoms with E-state index in [-0.39, 0.29) is 11.8 Å². The lowest BCUT2D eigenvalue weighted by atomic mass is 9.87. The van der Waals surface area contributed by atoms with Crippen LogP contribution in [0.5, 0.6) is 40.2 Å².